The molecule has 3 rings (SSSR count). The molecule has 1 aliphatic heterocycles. The van der Waals surface area contributed by atoms with Crippen molar-refractivity contribution in [3.05, 3.63) is 65.2 Å². The second-order valence-electron chi connectivity index (χ2n) is 8.66. The van der Waals surface area contributed by atoms with Crippen LogP contribution in [0.4, 0.5) is 5.69 Å². The zero-order chi connectivity index (χ0) is 22.4. The van der Waals surface area contributed by atoms with E-state index in [1.807, 2.05) is 12.1 Å². The van der Waals surface area contributed by atoms with E-state index >= 15 is 0 Å². The number of carbonyl (C=O) groups is 2. The summed E-state index contributed by atoms with van der Waals surface area (Å²) in [6.07, 6.45) is 2.09. The number of anilines is 1. The molecule has 31 heavy (non-hydrogen) atoms. The van der Waals surface area contributed by atoms with Gasteiger partial charge in [-0.2, -0.15) is 0 Å². The first-order valence-corrected chi connectivity index (χ1v) is 10.9. The Hall–Kier alpha value is -2.77. The molecule has 0 aliphatic carbocycles. The van der Waals surface area contributed by atoms with Gasteiger partial charge in [-0.1, -0.05) is 39.0 Å². The molecule has 0 spiro atoms. The number of ether oxygens (including phenoxy) is 1. The van der Waals surface area contributed by atoms with E-state index in [1.54, 1.807) is 36.4 Å². The largest absolute Gasteiger partial charge is 0.376 e. The van der Waals surface area contributed by atoms with E-state index in [2.05, 4.69) is 36.7 Å². The fourth-order valence-corrected chi connectivity index (χ4v) is 3.52. The Bertz CT molecular complexity index is 945. The number of amides is 2. The number of hydrogen-bond acceptors (Lipinski definition) is 4. The Kier molecular flexibility index (Phi) is 7.41. The lowest BCUT2D eigenvalue weighted by Gasteiger charge is -2.19. The lowest BCUT2D eigenvalue weighted by Crippen LogP contribution is -2.34. The van der Waals surface area contributed by atoms with Crippen LogP contribution in [0.1, 0.15) is 59.9 Å². The Morgan fingerprint density at radius 1 is 1.06 bits per heavy atom. The van der Waals surface area contributed by atoms with Gasteiger partial charge in [-0.25, -0.2) is 0 Å². The predicted molar refractivity (Wildman–Crippen MR) is 127 cm³/mol. The first-order valence-electron chi connectivity index (χ1n) is 10.4. The Labute approximate surface area is 188 Å². The van der Waals surface area contributed by atoms with E-state index in [0.29, 0.717) is 23.4 Å². The van der Waals surface area contributed by atoms with Crippen LogP contribution < -0.4 is 16.0 Å². The van der Waals surface area contributed by atoms with E-state index in [9.17, 15) is 9.59 Å². The second kappa shape index (κ2) is 10.0. The minimum absolute atomic E-state index is 0.0211. The molecule has 1 atom stereocenters. The van der Waals surface area contributed by atoms with Crippen molar-refractivity contribution in [3.8, 4) is 0 Å². The highest BCUT2D eigenvalue weighted by Gasteiger charge is 2.17. The normalized spacial score (nSPS) is 15.9. The average molecular weight is 440 g/mol. The second-order valence-corrected chi connectivity index (χ2v) is 9.07. The fourth-order valence-electron chi connectivity index (χ4n) is 3.31. The quantitative estimate of drug-likeness (QED) is 0.613. The van der Waals surface area contributed by atoms with Gasteiger partial charge >= 0.3 is 0 Å². The molecule has 2 aromatic carbocycles. The molecule has 1 aliphatic rings. The van der Waals surface area contributed by atoms with Crippen molar-refractivity contribution in [1.82, 2.24) is 10.6 Å². The van der Waals surface area contributed by atoms with Crippen molar-refractivity contribution in [2.24, 2.45) is 0 Å². The highest BCUT2D eigenvalue weighted by Crippen LogP contribution is 2.22. The first kappa shape index (κ1) is 22.9. The molecule has 2 amide bonds. The summed E-state index contributed by atoms with van der Waals surface area (Å²) >= 11 is 5.27. The van der Waals surface area contributed by atoms with E-state index in [0.717, 1.165) is 25.0 Å². The summed E-state index contributed by atoms with van der Waals surface area (Å²) in [7, 11) is 0. The van der Waals surface area contributed by atoms with Crippen LogP contribution in [-0.2, 0) is 10.2 Å². The molecule has 0 aromatic heterocycles. The van der Waals surface area contributed by atoms with Crippen LogP contribution in [0.3, 0.4) is 0 Å². The van der Waals surface area contributed by atoms with Gasteiger partial charge in [0, 0.05) is 30.0 Å². The number of benzene rings is 2. The van der Waals surface area contributed by atoms with Crippen LogP contribution in [0, 0.1) is 0 Å². The fraction of sp³-hybridized carbons (Fsp3) is 0.375. The maximum Gasteiger partial charge on any atom is 0.257 e. The standard InChI is InChI=1S/C24H29N3O3S/c1-24(2,3)18-11-9-16(10-12-18)22(29)27-23(31)26-19-7-4-6-17(14-19)21(28)25-15-20-8-5-13-30-20/h4,6-7,9-12,14,20H,5,8,13,15H2,1-3H3,(H,25,28)(H2,26,27,29,31). The van der Waals surface area contributed by atoms with Crippen molar-refractivity contribution in [1.29, 1.82) is 0 Å². The van der Waals surface area contributed by atoms with E-state index < -0.39 is 0 Å². The van der Waals surface area contributed by atoms with Crippen molar-refractivity contribution >= 4 is 34.8 Å². The van der Waals surface area contributed by atoms with E-state index in [-0.39, 0.29) is 28.4 Å². The molecule has 1 fully saturated rings. The molecular formula is C24H29N3O3S. The van der Waals surface area contributed by atoms with Gasteiger partial charge in [-0.3, -0.25) is 14.9 Å². The zero-order valence-corrected chi connectivity index (χ0v) is 19.0. The summed E-state index contributed by atoms with van der Waals surface area (Å²) in [5.41, 5.74) is 2.83. The van der Waals surface area contributed by atoms with Crippen LogP contribution in [-0.4, -0.2) is 36.2 Å². The zero-order valence-electron chi connectivity index (χ0n) is 18.2. The molecule has 7 heteroatoms. The van der Waals surface area contributed by atoms with Crippen LogP contribution in [0.15, 0.2) is 48.5 Å². The van der Waals surface area contributed by atoms with Crippen molar-refractivity contribution in [2.75, 3.05) is 18.5 Å². The van der Waals surface area contributed by atoms with Gasteiger partial charge in [-0.15, -0.1) is 0 Å². The molecular weight excluding hydrogens is 410 g/mol. The SMILES string of the molecule is CC(C)(C)c1ccc(C(=O)NC(=S)Nc2cccc(C(=O)NCC3CCCO3)c2)cc1. The number of thiocarbonyl (C=S) groups is 1. The van der Waals surface area contributed by atoms with Gasteiger partial charge in [0.15, 0.2) is 5.11 Å². The third kappa shape index (κ3) is 6.60. The van der Waals surface area contributed by atoms with Crippen LogP contribution >= 0.6 is 12.2 Å². The molecule has 164 valence electrons. The van der Waals surface area contributed by atoms with E-state index in [1.165, 1.54) is 0 Å². The van der Waals surface area contributed by atoms with Gasteiger partial charge in [0.1, 0.15) is 0 Å². The van der Waals surface area contributed by atoms with Gasteiger partial charge in [0.2, 0.25) is 0 Å². The summed E-state index contributed by atoms with van der Waals surface area (Å²) in [5.74, 6) is -0.462. The monoisotopic (exact) mass is 439 g/mol. The molecule has 0 saturated carbocycles. The lowest BCUT2D eigenvalue weighted by atomic mass is 9.87. The average Bonchev–Trinajstić information content (AvgIpc) is 3.25. The van der Waals surface area contributed by atoms with Gasteiger partial charge < -0.3 is 15.4 Å². The first-order chi connectivity index (χ1) is 14.7. The molecule has 0 radical (unpaired) electrons. The molecule has 1 unspecified atom stereocenters. The van der Waals surface area contributed by atoms with Crippen molar-refractivity contribution in [2.45, 2.75) is 45.1 Å². The summed E-state index contributed by atoms with van der Waals surface area (Å²) in [5, 5.41) is 8.71. The predicted octanol–water partition coefficient (Wildman–Crippen LogP) is 4.02. The van der Waals surface area contributed by atoms with Crippen molar-refractivity contribution < 1.29 is 14.3 Å². The summed E-state index contributed by atoms with van der Waals surface area (Å²) in [4.78, 5) is 24.9. The summed E-state index contributed by atoms with van der Waals surface area (Å²) in [6.45, 7) is 7.62. The Morgan fingerprint density at radius 2 is 1.81 bits per heavy atom. The molecule has 3 N–H and O–H groups in total. The number of carbonyl (C=O) groups excluding carboxylic acids is 2. The van der Waals surface area contributed by atoms with Crippen LogP contribution in [0.5, 0.6) is 0 Å². The van der Waals surface area contributed by atoms with Gasteiger partial charge in [-0.05, 0) is 66.4 Å². The van der Waals surface area contributed by atoms with Crippen LogP contribution in [0.2, 0.25) is 0 Å². The maximum absolute atomic E-state index is 12.5. The Balaban J connectivity index is 1.54. The molecule has 0 bridgehead atoms. The number of hydrogen-bond donors (Lipinski definition) is 3. The van der Waals surface area contributed by atoms with E-state index in [4.69, 9.17) is 17.0 Å². The number of rotatable bonds is 5. The molecule has 6 nitrogen and oxygen atoms in total. The summed E-state index contributed by atoms with van der Waals surface area (Å²) < 4.78 is 5.53. The number of nitrogens with one attached hydrogen (secondary N) is 3. The summed E-state index contributed by atoms with van der Waals surface area (Å²) in [6, 6.07) is 14.4. The third-order valence-corrected chi connectivity index (χ3v) is 5.34. The minimum Gasteiger partial charge on any atom is -0.376 e. The maximum atomic E-state index is 12.5. The topological polar surface area (TPSA) is 79.5 Å². The highest BCUT2D eigenvalue weighted by atomic mass is 32.1. The Morgan fingerprint density at radius 3 is 2.45 bits per heavy atom. The van der Waals surface area contributed by atoms with Gasteiger partial charge in [0.05, 0.1) is 6.10 Å². The van der Waals surface area contributed by atoms with Crippen molar-refractivity contribution in [3.63, 3.8) is 0 Å². The highest BCUT2D eigenvalue weighted by molar-refractivity contribution is 7.80. The molecule has 2 aromatic rings. The van der Waals surface area contributed by atoms with Crippen LogP contribution in [0.25, 0.3) is 0 Å². The molecule has 1 saturated heterocycles. The molecule has 1 heterocycles. The van der Waals surface area contributed by atoms with Gasteiger partial charge in [0.25, 0.3) is 11.8 Å². The third-order valence-electron chi connectivity index (χ3n) is 5.14. The lowest BCUT2D eigenvalue weighted by molar-refractivity contribution is 0.0857. The minimum atomic E-state index is -0.288. The smallest absolute Gasteiger partial charge is 0.257 e.